The molecule has 0 aliphatic carbocycles. The molecule has 5 nitrogen and oxygen atoms in total. The predicted octanol–water partition coefficient (Wildman–Crippen LogP) is 2.22. The summed E-state index contributed by atoms with van der Waals surface area (Å²) in [5, 5.41) is 14.1. The molecule has 0 aromatic rings. The molecule has 0 aliphatic heterocycles. The first kappa shape index (κ1) is 16.7. The summed E-state index contributed by atoms with van der Waals surface area (Å²) in [6.07, 6.45) is 3.74. The predicted molar refractivity (Wildman–Crippen MR) is 71.5 cm³/mol. The molecule has 106 valence electrons. The Morgan fingerprint density at radius 1 is 1.00 bits per heavy atom. The Morgan fingerprint density at radius 2 is 1.61 bits per heavy atom. The zero-order chi connectivity index (χ0) is 14.0. The van der Waals surface area contributed by atoms with Gasteiger partial charge in [0.2, 0.25) is 0 Å². The Hall–Kier alpha value is -1.26. The number of carbonyl (C=O) groups is 2. The molecule has 0 aromatic heterocycles. The molecule has 0 saturated carbocycles. The number of carboxylic acids is 1. The van der Waals surface area contributed by atoms with Crippen LogP contribution in [0.5, 0.6) is 0 Å². The van der Waals surface area contributed by atoms with Crippen molar-refractivity contribution in [2.24, 2.45) is 11.8 Å². The van der Waals surface area contributed by atoms with E-state index in [2.05, 4.69) is 24.5 Å². The molecule has 0 saturated heterocycles. The molecular weight excluding hydrogens is 232 g/mol. The van der Waals surface area contributed by atoms with E-state index in [1.54, 1.807) is 6.92 Å². The number of carbonyl (C=O) groups excluding carboxylic acids is 1. The fourth-order valence-electron chi connectivity index (χ4n) is 1.47. The van der Waals surface area contributed by atoms with Crippen LogP contribution in [-0.4, -0.2) is 30.2 Å². The standard InChI is InChI=1S/C13H26N2O3/c1-10(2)6-4-5-8-14-13(18)15-9-7-11(3)12(16)17/h10-11H,4-9H2,1-3H3,(H,16,17)(H2,14,15,18). The van der Waals surface area contributed by atoms with Crippen LogP contribution in [0.4, 0.5) is 4.79 Å². The maximum Gasteiger partial charge on any atom is 0.314 e. The average Bonchev–Trinajstić information content (AvgIpc) is 2.27. The third kappa shape index (κ3) is 9.93. The van der Waals surface area contributed by atoms with Crippen molar-refractivity contribution in [2.45, 2.75) is 46.5 Å². The highest BCUT2D eigenvalue weighted by Gasteiger charge is 2.10. The molecule has 0 aromatic carbocycles. The summed E-state index contributed by atoms with van der Waals surface area (Å²) in [7, 11) is 0. The normalized spacial score (nSPS) is 12.2. The number of amides is 2. The Kier molecular flexibility index (Phi) is 9.06. The Bertz CT molecular complexity index is 255. The molecule has 5 heteroatoms. The van der Waals surface area contributed by atoms with E-state index < -0.39 is 11.9 Å². The summed E-state index contributed by atoms with van der Waals surface area (Å²) < 4.78 is 0. The van der Waals surface area contributed by atoms with E-state index in [0.29, 0.717) is 25.4 Å². The SMILES string of the molecule is CC(C)CCCCNC(=O)NCCC(C)C(=O)O. The van der Waals surface area contributed by atoms with Crippen LogP contribution in [0.2, 0.25) is 0 Å². The number of carboxylic acid groups (broad SMARTS) is 1. The van der Waals surface area contributed by atoms with Gasteiger partial charge in [-0.05, 0) is 18.8 Å². The maximum atomic E-state index is 11.3. The number of hydrogen-bond acceptors (Lipinski definition) is 2. The fourth-order valence-corrected chi connectivity index (χ4v) is 1.47. The summed E-state index contributed by atoms with van der Waals surface area (Å²) in [5.74, 6) is -0.543. The lowest BCUT2D eigenvalue weighted by Crippen LogP contribution is -2.37. The van der Waals surface area contributed by atoms with Crippen LogP contribution in [-0.2, 0) is 4.79 Å². The summed E-state index contributed by atoms with van der Waals surface area (Å²) in [6.45, 7) is 7.07. The maximum absolute atomic E-state index is 11.3. The lowest BCUT2D eigenvalue weighted by molar-refractivity contribution is -0.141. The third-order valence-electron chi connectivity index (χ3n) is 2.78. The molecule has 0 heterocycles. The molecule has 2 amide bonds. The molecule has 0 rings (SSSR count). The second-order valence-electron chi connectivity index (χ2n) is 5.10. The van der Waals surface area contributed by atoms with Gasteiger partial charge in [0.05, 0.1) is 5.92 Å². The van der Waals surface area contributed by atoms with Gasteiger partial charge in [0.15, 0.2) is 0 Å². The van der Waals surface area contributed by atoms with Gasteiger partial charge in [-0.2, -0.15) is 0 Å². The van der Waals surface area contributed by atoms with Gasteiger partial charge in [-0.3, -0.25) is 4.79 Å². The van der Waals surface area contributed by atoms with Gasteiger partial charge in [-0.25, -0.2) is 4.79 Å². The highest BCUT2D eigenvalue weighted by Crippen LogP contribution is 2.05. The Morgan fingerprint density at radius 3 is 2.17 bits per heavy atom. The van der Waals surface area contributed by atoms with Crippen LogP contribution < -0.4 is 10.6 Å². The molecule has 1 unspecified atom stereocenters. The largest absolute Gasteiger partial charge is 0.481 e. The van der Waals surface area contributed by atoms with E-state index in [1.807, 2.05) is 0 Å². The van der Waals surface area contributed by atoms with Gasteiger partial charge in [-0.1, -0.05) is 33.6 Å². The van der Waals surface area contributed by atoms with Crippen molar-refractivity contribution in [2.75, 3.05) is 13.1 Å². The van der Waals surface area contributed by atoms with Crippen molar-refractivity contribution in [3.63, 3.8) is 0 Å². The van der Waals surface area contributed by atoms with Gasteiger partial charge < -0.3 is 15.7 Å². The Balaban J connectivity index is 3.41. The van der Waals surface area contributed by atoms with Crippen molar-refractivity contribution in [1.82, 2.24) is 10.6 Å². The van der Waals surface area contributed by atoms with E-state index in [-0.39, 0.29) is 6.03 Å². The van der Waals surface area contributed by atoms with Gasteiger partial charge in [0.1, 0.15) is 0 Å². The first-order valence-electron chi connectivity index (χ1n) is 6.68. The van der Waals surface area contributed by atoms with Crippen LogP contribution in [0.25, 0.3) is 0 Å². The van der Waals surface area contributed by atoms with Gasteiger partial charge in [0.25, 0.3) is 0 Å². The molecule has 0 radical (unpaired) electrons. The quantitative estimate of drug-likeness (QED) is 0.555. The Labute approximate surface area is 109 Å². The van der Waals surface area contributed by atoms with Gasteiger partial charge in [-0.15, -0.1) is 0 Å². The molecule has 1 atom stereocenters. The minimum absolute atomic E-state index is 0.211. The van der Waals surface area contributed by atoms with Gasteiger partial charge >= 0.3 is 12.0 Å². The van der Waals surface area contributed by atoms with Crippen molar-refractivity contribution in [1.29, 1.82) is 0 Å². The number of aliphatic carboxylic acids is 1. The van der Waals surface area contributed by atoms with Crippen LogP contribution in [0.1, 0.15) is 46.5 Å². The minimum Gasteiger partial charge on any atom is -0.481 e. The molecule has 0 bridgehead atoms. The van der Waals surface area contributed by atoms with Crippen LogP contribution in [0, 0.1) is 11.8 Å². The molecule has 0 aliphatic rings. The summed E-state index contributed by atoms with van der Waals surface area (Å²) in [5.41, 5.74) is 0. The molecular formula is C13H26N2O3. The van der Waals surface area contributed by atoms with Crippen molar-refractivity contribution < 1.29 is 14.7 Å². The van der Waals surface area contributed by atoms with E-state index in [1.165, 1.54) is 6.42 Å². The third-order valence-corrected chi connectivity index (χ3v) is 2.78. The summed E-state index contributed by atoms with van der Waals surface area (Å²) in [4.78, 5) is 21.9. The lowest BCUT2D eigenvalue weighted by atomic mass is 10.1. The fraction of sp³-hybridized carbons (Fsp3) is 0.846. The number of unbranched alkanes of at least 4 members (excludes halogenated alkanes) is 1. The molecule has 18 heavy (non-hydrogen) atoms. The number of nitrogens with one attached hydrogen (secondary N) is 2. The number of urea groups is 1. The van der Waals surface area contributed by atoms with Crippen LogP contribution in [0.3, 0.4) is 0 Å². The molecule has 0 spiro atoms. The molecule has 3 N–H and O–H groups in total. The molecule has 0 fully saturated rings. The highest BCUT2D eigenvalue weighted by atomic mass is 16.4. The second kappa shape index (κ2) is 9.74. The number of rotatable bonds is 9. The van der Waals surface area contributed by atoms with Gasteiger partial charge in [0, 0.05) is 13.1 Å². The monoisotopic (exact) mass is 258 g/mol. The first-order valence-corrected chi connectivity index (χ1v) is 6.68. The van der Waals surface area contributed by atoms with E-state index in [9.17, 15) is 9.59 Å². The number of hydrogen-bond donors (Lipinski definition) is 3. The van der Waals surface area contributed by atoms with Crippen molar-refractivity contribution in [3.05, 3.63) is 0 Å². The summed E-state index contributed by atoms with van der Waals surface area (Å²) in [6, 6.07) is -0.211. The van der Waals surface area contributed by atoms with Crippen LogP contribution in [0.15, 0.2) is 0 Å². The zero-order valence-corrected chi connectivity index (χ0v) is 11.7. The minimum atomic E-state index is -0.828. The van der Waals surface area contributed by atoms with Crippen LogP contribution >= 0.6 is 0 Å². The smallest absolute Gasteiger partial charge is 0.314 e. The highest BCUT2D eigenvalue weighted by molar-refractivity contribution is 5.74. The first-order chi connectivity index (χ1) is 8.43. The van der Waals surface area contributed by atoms with Crippen molar-refractivity contribution in [3.8, 4) is 0 Å². The second-order valence-corrected chi connectivity index (χ2v) is 5.10. The zero-order valence-electron chi connectivity index (χ0n) is 11.7. The van der Waals surface area contributed by atoms with Crippen molar-refractivity contribution >= 4 is 12.0 Å². The van der Waals surface area contributed by atoms with E-state index in [4.69, 9.17) is 5.11 Å². The van der Waals surface area contributed by atoms with E-state index >= 15 is 0 Å². The summed E-state index contributed by atoms with van der Waals surface area (Å²) >= 11 is 0. The average molecular weight is 258 g/mol. The van der Waals surface area contributed by atoms with E-state index in [0.717, 1.165) is 12.8 Å². The lowest BCUT2D eigenvalue weighted by Gasteiger charge is -2.09. The topological polar surface area (TPSA) is 78.4 Å².